The summed E-state index contributed by atoms with van der Waals surface area (Å²) in [6.45, 7) is 2.01. The number of ether oxygens (including phenoxy) is 1. The van der Waals surface area contributed by atoms with Gasteiger partial charge in [0.1, 0.15) is 12.2 Å². The van der Waals surface area contributed by atoms with Crippen molar-refractivity contribution in [2.45, 2.75) is 26.2 Å². The number of hydrogen-bond donors (Lipinski definition) is 2. The fourth-order valence-corrected chi connectivity index (χ4v) is 2.34. The van der Waals surface area contributed by atoms with Crippen LogP contribution in [0.5, 0.6) is 5.75 Å². The van der Waals surface area contributed by atoms with E-state index >= 15 is 0 Å². The first-order chi connectivity index (χ1) is 12.6. The molecule has 0 saturated heterocycles. The third-order valence-corrected chi connectivity index (χ3v) is 3.50. The second-order valence-electron chi connectivity index (χ2n) is 5.69. The average Bonchev–Trinajstić information content (AvgIpc) is 2.62. The zero-order chi connectivity index (χ0) is 18.8. The summed E-state index contributed by atoms with van der Waals surface area (Å²) in [6.07, 6.45) is 1.88. The van der Waals surface area contributed by atoms with E-state index in [-0.39, 0.29) is 18.9 Å². The monoisotopic (exact) mass is 351 g/mol. The number of benzene rings is 2. The van der Waals surface area contributed by atoms with E-state index in [1.807, 2.05) is 24.3 Å². The van der Waals surface area contributed by atoms with Crippen LogP contribution in [0.3, 0.4) is 0 Å². The lowest BCUT2D eigenvalue weighted by Crippen LogP contribution is -2.20. The van der Waals surface area contributed by atoms with Gasteiger partial charge in [0, 0.05) is 11.4 Å². The second-order valence-corrected chi connectivity index (χ2v) is 5.69. The third kappa shape index (κ3) is 6.29. The normalized spacial score (nSPS) is 9.85. The van der Waals surface area contributed by atoms with Gasteiger partial charge in [-0.05, 0) is 42.3 Å². The largest absolute Gasteiger partial charge is 0.484 e. The molecule has 0 unspecified atom stereocenters. The van der Waals surface area contributed by atoms with Gasteiger partial charge in [0.25, 0.3) is 5.91 Å². The fraction of sp³-hybridized carbons (Fsp3) is 0.250. The number of nitrogens with zero attached hydrogens (tertiary/aromatic N) is 1. The van der Waals surface area contributed by atoms with E-state index in [1.54, 1.807) is 30.3 Å². The Morgan fingerprint density at radius 1 is 1.04 bits per heavy atom. The highest BCUT2D eigenvalue weighted by atomic mass is 16.5. The summed E-state index contributed by atoms with van der Waals surface area (Å²) in [5.41, 5.74) is 2.28. The minimum atomic E-state index is -0.397. The highest BCUT2D eigenvalue weighted by molar-refractivity contribution is 5.95. The van der Waals surface area contributed by atoms with Crippen LogP contribution >= 0.6 is 0 Å². The van der Waals surface area contributed by atoms with Gasteiger partial charge in [0.2, 0.25) is 5.91 Å². The number of carbonyl (C=O) groups excluding carboxylic acids is 2. The van der Waals surface area contributed by atoms with Gasteiger partial charge < -0.3 is 15.4 Å². The molecule has 0 bridgehead atoms. The van der Waals surface area contributed by atoms with Crippen molar-refractivity contribution in [1.29, 1.82) is 5.26 Å². The van der Waals surface area contributed by atoms with Crippen molar-refractivity contribution in [3.8, 4) is 11.8 Å². The first-order valence-electron chi connectivity index (χ1n) is 8.39. The van der Waals surface area contributed by atoms with Crippen LogP contribution in [-0.2, 0) is 16.0 Å². The van der Waals surface area contributed by atoms with Crippen LogP contribution in [0.15, 0.2) is 48.5 Å². The van der Waals surface area contributed by atoms with E-state index in [2.05, 4.69) is 17.6 Å². The molecule has 0 aromatic heterocycles. The quantitative estimate of drug-likeness (QED) is 0.761. The van der Waals surface area contributed by atoms with Gasteiger partial charge in [0.05, 0.1) is 6.07 Å². The lowest BCUT2D eigenvalue weighted by Gasteiger charge is -2.09. The molecule has 2 aromatic rings. The van der Waals surface area contributed by atoms with Crippen LogP contribution in [0.25, 0.3) is 0 Å². The number of nitriles is 1. The van der Waals surface area contributed by atoms with Crippen molar-refractivity contribution in [3.05, 3.63) is 54.1 Å². The SMILES string of the molecule is CCCc1ccc(OCC(=O)Nc2cccc(NC(=O)CC#N)c2)cc1. The van der Waals surface area contributed by atoms with Gasteiger partial charge >= 0.3 is 0 Å². The highest BCUT2D eigenvalue weighted by Crippen LogP contribution is 2.16. The molecule has 0 fully saturated rings. The molecule has 6 heteroatoms. The topological polar surface area (TPSA) is 91.2 Å². The van der Waals surface area contributed by atoms with Gasteiger partial charge in [-0.15, -0.1) is 0 Å². The zero-order valence-corrected chi connectivity index (χ0v) is 14.6. The maximum Gasteiger partial charge on any atom is 0.262 e. The van der Waals surface area contributed by atoms with Gasteiger partial charge in [0.15, 0.2) is 6.61 Å². The van der Waals surface area contributed by atoms with Crippen molar-refractivity contribution < 1.29 is 14.3 Å². The first kappa shape index (κ1) is 19.0. The molecule has 0 atom stereocenters. The van der Waals surface area contributed by atoms with Crippen molar-refractivity contribution in [2.24, 2.45) is 0 Å². The summed E-state index contributed by atoms with van der Waals surface area (Å²) in [4.78, 5) is 23.5. The zero-order valence-electron chi connectivity index (χ0n) is 14.6. The number of rotatable bonds is 8. The Hall–Kier alpha value is -3.33. The Kier molecular flexibility index (Phi) is 7.19. The van der Waals surface area contributed by atoms with E-state index < -0.39 is 5.91 Å². The number of anilines is 2. The maximum atomic E-state index is 12.0. The molecular formula is C20H21N3O3. The van der Waals surface area contributed by atoms with E-state index in [1.165, 1.54) is 5.56 Å². The predicted octanol–water partition coefficient (Wildman–Crippen LogP) is 3.51. The van der Waals surface area contributed by atoms with E-state index in [0.29, 0.717) is 17.1 Å². The minimum Gasteiger partial charge on any atom is -0.484 e. The fourth-order valence-electron chi connectivity index (χ4n) is 2.34. The van der Waals surface area contributed by atoms with Crippen molar-refractivity contribution in [1.82, 2.24) is 0 Å². The summed E-state index contributed by atoms with van der Waals surface area (Å²) in [5.74, 6) is -0.0634. The highest BCUT2D eigenvalue weighted by Gasteiger charge is 2.06. The first-order valence-corrected chi connectivity index (χ1v) is 8.39. The predicted molar refractivity (Wildman–Crippen MR) is 99.9 cm³/mol. The van der Waals surface area contributed by atoms with Gasteiger partial charge in [-0.2, -0.15) is 5.26 Å². The molecule has 0 heterocycles. The summed E-state index contributed by atoms with van der Waals surface area (Å²) >= 11 is 0. The van der Waals surface area contributed by atoms with Crippen LogP contribution in [-0.4, -0.2) is 18.4 Å². The Labute approximate surface area is 152 Å². The number of carbonyl (C=O) groups is 2. The number of aryl methyl sites for hydroxylation is 1. The summed E-state index contributed by atoms with van der Waals surface area (Å²) in [5, 5.41) is 13.8. The summed E-state index contributed by atoms with van der Waals surface area (Å²) in [7, 11) is 0. The molecular weight excluding hydrogens is 330 g/mol. The van der Waals surface area contributed by atoms with Crippen LogP contribution in [0.4, 0.5) is 11.4 Å². The Morgan fingerprint density at radius 3 is 2.31 bits per heavy atom. The molecule has 2 N–H and O–H groups in total. The van der Waals surface area contributed by atoms with Crippen molar-refractivity contribution >= 4 is 23.2 Å². The average molecular weight is 351 g/mol. The van der Waals surface area contributed by atoms with Crippen LogP contribution in [0, 0.1) is 11.3 Å². The lowest BCUT2D eigenvalue weighted by molar-refractivity contribution is -0.118. The molecule has 6 nitrogen and oxygen atoms in total. The molecule has 0 aliphatic heterocycles. The maximum absolute atomic E-state index is 12.0. The molecule has 2 amide bonds. The third-order valence-electron chi connectivity index (χ3n) is 3.50. The molecule has 0 aliphatic carbocycles. The second kappa shape index (κ2) is 9.84. The molecule has 2 rings (SSSR count). The standard InChI is InChI=1S/C20H21N3O3/c1-2-4-15-7-9-18(10-8-15)26-14-20(25)23-17-6-3-5-16(13-17)22-19(24)11-12-21/h3,5-10,13H,2,4,11,14H2,1H3,(H,22,24)(H,23,25). The Morgan fingerprint density at radius 2 is 1.69 bits per heavy atom. The lowest BCUT2D eigenvalue weighted by atomic mass is 10.1. The van der Waals surface area contributed by atoms with Crippen molar-refractivity contribution in [2.75, 3.05) is 17.2 Å². The Bertz CT molecular complexity index is 795. The smallest absolute Gasteiger partial charge is 0.262 e. The Balaban J connectivity index is 1.85. The van der Waals surface area contributed by atoms with Crippen LogP contribution in [0.2, 0.25) is 0 Å². The minimum absolute atomic E-state index is 0.113. The molecule has 0 aliphatic rings. The summed E-state index contributed by atoms with van der Waals surface area (Å²) in [6, 6.07) is 16.2. The van der Waals surface area contributed by atoms with Gasteiger partial charge in [-0.25, -0.2) is 0 Å². The molecule has 134 valence electrons. The van der Waals surface area contributed by atoms with Gasteiger partial charge in [-0.1, -0.05) is 31.5 Å². The van der Waals surface area contributed by atoms with E-state index in [4.69, 9.17) is 10.00 Å². The number of amides is 2. The molecule has 0 saturated carbocycles. The summed E-state index contributed by atoms with van der Waals surface area (Å²) < 4.78 is 5.48. The van der Waals surface area contributed by atoms with E-state index in [0.717, 1.165) is 12.8 Å². The molecule has 26 heavy (non-hydrogen) atoms. The molecule has 0 radical (unpaired) electrons. The van der Waals surface area contributed by atoms with E-state index in [9.17, 15) is 9.59 Å². The van der Waals surface area contributed by atoms with Crippen LogP contribution in [0.1, 0.15) is 25.3 Å². The number of hydrogen-bond acceptors (Lipinski definition) is 4. The molecule has 2 aromatic carbocycles. The molecule has 0 spiro atoms. The van der Waals surface area contributed by atoms with Crippen molar-refractivity contribution in [3.63, 3.8) is 0 Å². The van der Waals surface area contributed by atoms with Crippen LogP contribution < -0.4 is 15.4 Å². The number of nitrogens with one attached hydrogen (secondary N) is 2. The van der Waals surface area contributed by atoms with Gasteiger partial charge in [-0.3, -0.25) is 9.59 Å².